The molecule has 0 aromatic carbocycles. The molecule has 0 bridgehead atoms. The van der Waals surface area contributed by atoms with E-state index in [1.807, 2.05) is 20.8 Å². The third-order valence-corrected chi connectivity index (χ3v) is 12.5. The highest BCUT2D eigenvalue weighted by Gasteiger charge is 2.84. The van der Waals surface area contributed by atoms with E-state index in [0.717, 1.165) is 5.57 Å². The topological polar surface area (TPSA) is 146 Å². The standard InChI is InChI=1S/C30H42O9/c1-15-13-22(38-24(33)16(15)2)27(6,34)29(36)12-11-28(35)19-14-23-30(39-23)21(37-17(3)31)8-7-20(32)26(30,5)18(19)9-10-25(28,29)4/h7-8,18-19,21-24,33-36H,9-14H2,1-6H3/t18?,19?,21-,22?,23-,24?,25+,26+,27?,28-,29+,30-/m1/s1. The number of hydrogen-bond acceptors (Lipinski definition) is 9. The summed E-state index contributed by atoms with van der Waals surface area (Å²) in [6.45, 7) is 10.3. The molecular formula is C30H42O9. The van der Waals surface area contributed by atoms with E-state index in [0.29, 0.717) is 31.3 Å². The average Bonchev–Trinajstić information content (AvgIpc) is 3.55. The number of rotatable bonds is 3. The van der Waals surface area contributed by atoms with Crippen molar-refractivity contribution in [3.05, 3.63) is 23.3 Å². The van der Waals surface area contributed by atoms with Crippen LogP contribution in [0.3, 0.4) is 0 Å². The Balaban J connectivity index is 1.37. The van der Waals surface area contributed by atoms with Crippen LogP contribution in [-0.2, 0) is 23.8 Å². The number of esters is 1. The summed E-state index contributed by atoms with van der Waals surface area (Å²) in [5.41, 5.74) is -6.35. The first-order valence-electron chi connectivity index (χ1n) is 14.3. The molecule has 2 aliphatic heterocycles. The largest absolute Gasteiger partial charge is 0.455 e. The molecule has 9 heteroatoms. The normalized spacial score (nSPS) is 53.7. The molecule has 9 nitrogen and oxygen atoms in total. The Hall–Kier alpha value is -1.62. The smallest absolute Gasteiger partial charge is 0.303 e. The molecule has 1 spiro atoms. The second kappa shape index (κ2) is 8.01. The first-order valence-corrected chi connectivity index (χ1v) is 14.3. The lowest BCUT2D eigenvalue weighted by Gasteiger charge is -2.63. The highest BCUT2D eigenvalue weighted by Crippen LogP contribution is 2.75. The third-order valence-electron chi connectivity index (χ3n) is 12.5. The Labute approximate surface area is 229 Å². The molecule has 39 heavy (non-hydrogen) atoms. The van der Waals surface area contributed by atoms with Gasteiger partial charge < -0.3 is 34.6 Å². The number of aliphatic hydroxyl groups excluding tert-OH is 1. The Morgan fingerprint density at radius 3 is 2.49 bits per heavy atom. The van der Waals surface area contributed by atoms with Crippen molar-refractivity contribution in [3.8, 4) is 0 Å². The lowest BCUT2D eigenvalue weighted by Crippen LogP contribution is -2.73. The number of allylic oxidation sites excluding steroid dienone is 1. The summed E-state index contributed by atoms with van der Waals surface area (Å²) < 4.78 is 17.8. The van der Waals surface area contributed by atoms with Gasteiger partial charge >= 0.3 is 5.97 Å². The van der Waals surface area contributed by atoms with Gasteiger partial charge in [0.25, 0.3) is 0 Å². The van der Waals surface area contributed by atoms with E-state index in [2.05, 4.69) is 0 Å². The highest BCUT2D eigenvalue weighted by molar-refractivity contribution is 5.98. The van der Waals surface area contributed by atoms with Crippen LogP contribution in [0, 0.1) is 22.7 Å². The zero-order valence-electron chi connectivity index (χ0n) is 23.7. The minimum atomic E-state index is -1.77. The summed E-state index contributed by atoms with van der Waals surface area (Å²) in [7, 11) is 0. The molecule has 0 radical (unpaired) electrons. The SMILES string of the molecule is CC(=O)O[C@@H]1C=CC(=O)[C@]2(C)C3CC[C@@]4(C)[C@@](O)(CC[C@@]4(O)C(C)(O)C4CC(C)=C(C)C(O)O4)C3C[C@H]3O[C@]132. The second-order valence-corrected chi connectivity index (χ2v) is 13.8. The van der Waals surface area contributed by atoms with Crippen LogP contribution in [0.2, 0.25) is 0 Å². The molecule has 12 atom stereocenters. The Morgan fingerprint density at radius 1 is 1.15 bits per heavy atom. The van der Waals surface area contributed by atoms with Gasteiger partial charge in [0.1, 0.15) is 16.8 Å². The molecule has 0 aromatic rings. The number of hydrogen-bond donors (Lipinski definition) is 4. The molecule has 4 aliphatic carbocycles. The fourth-order valence-corrected chi connectivity index (χ4v) is 9.81. The number of ketones is 1. The van der Waals surface area contributed by atoms with Gasteiger partial charge in [-0.1, -0.05) is 12.5 Å². The fourth-order valence-electron chi connectivity index (χ4n) is 9.81. The number of carbonyl (C=O) groups is 2. The van der Waals surface area contributed by atoms with Gasteiger partial charge in [0.05, 0.1) is 23.2 Å². The summed E-state index contributed by atoms with van der Waals surface area (Å²) in [4.78, 5) is 25.5. The quantitative estimate of drug-likeness (QED) is 0.237. The highest BCUT2D eigenvalue weighted by atomic mass is 16.7. The van der Waals surface area contributed by atoms with Crippen LogP contribution in [0.25, 0.3) is 0 Å². The van der Waals surface area contributed by atoms with Gasteiger partial charge in [-0.05, 0) is 95.8 Å². The monoisotopic (exact) mass is 546 g/mol. The van der Waals surface area contributed by atoms with Gasteiger partial charge in [-0.15, -0.1) is 0 Å². The maximum absolute atomic E-state index is 13.6. The summed E-state index contributed by atoms with van der Waals surface area (Å²) >= 11 is 0. The van der Waals surface area contributed by atoms with Crippen LogP contribution in [0.1, 0.15) is 80.1 Å². The Morgan fingerprint density at radius 2 is 1.85 bits per heavy atom. The van der Waals surface area contributed by atoms with Crippen molar-refractivity contribution in [1.82, 2.24) is 0 Å². The Bertz CT molecular complexity index is 1190. The van der Waals surface area contributed by atoms with Crippen molar-refractivity contribution < 1.29 is 44.2 Å². The van der Waals surface area contributed by atoms with E-state index in [1.54, 1.807) is 19.9 Å². The van der Waals surface area contributed by atoms with E-state index in [9.17, 15) is 30.0 Å². The summed E-state index contributed by atoms with van der Waals surface area (Å²) in [6, 6.07) is 0. The van der Waals surface area contributed by atoms with Crippen LogP contribution in [0.5, 0.6) is 0 Å². The van der Waals surface area contributed by atoms with Gasteiger partial charge in [-0.3, -0.25) is 9.59 Å². The number of aliphatic hydroxyl groups is 4. The summed E-state index contributed by atoms with van der Waals surface area (Å²) in [5, 5.41) is 47.5. The van der Waals surface area contributed by atoms with Gasteiger partial charge in [0, 0.05) is 12.3 Å². The van der Waals surface area contributed by atoms with E-state index in [1.165, 1.54) is 13.0 Å². The number of ether oxygens (including phenoxy) is 3. The van der Waals surface area contributed by atoms with Crippen LogP contribution < -0.4 is 0 Å². The van der Waals surface area contributed by atoms with Crippen molar-refractivity contribution in [3.63, 3.8) is 0 Å². The molecule has 5 unspecified atom stereocenters. The van der Waals surface area contributed by atoms with E-state index < -0.39 is 57.7 Å². The van der Waals surface area contributed by atoms with Gasteiger partial charge in [-0.25, -0.2) is 0 Å². The number of fused-ring (bicyclic) bond motifs is 4. The van der Waals surface area contributed by atoms with Gasteiger partial charge in [-0.2, -0.15) is 0 Å². The molecular weight excluding hydrogens is 504 g/mol. The molecule has 6 aliphatic rings. The molecule has 0 aromatic heterocycles. The lowest BCUT2D eigenvalue weighted by atomic mass is 9.42. The molecule has 6 rings (SSSR count). The molecule has 216 valence electrons. The zero-order valence-corrected chi connectivity index (χ0v) is 23.7. The van der Waals surface area contributed by atoms with Crippen LogP contribution in [0.15, 0.2) is 23.3 Å². The minimum absolute atomic E-state index is 0.0993. The van der Waals surface area contributed by atoms with E-state index in [-0.39, 0.29) is 36.6 Å². The second-order valence-electron chi connectivity index (χ2n) is 13.8. The molecule has 0 amide bonds. The molecule has 4 N–H and O–H groups in total. The van der Waals surface area contributed by atoms with Gasteiger partial charge in [0.2, 0.25) is 0 Å². The number of epoxide rings is 1. The summed E-state index contributed by atoms with van der Waals surface area (Å²) in [5.74, 6) is -1.18. The predicted octanol–water partition coefficient (Wildman–Crippen LogP) is 2.09. The Kier molecular flexibility index (Phi) is 5.66. The van der Waals surface area contributed by atoms with E-state index in [4.69, 9.17) is 14.2 Å². The van der Waals surface area contributed by atoms with Crippen molar-refractivity contribution in [2.24, 2.45) is 22.7 Å². The maximum atomic E-state index is 13.6. The molecule has 1 saturated heterocycles. The average molecular weight is 547 g/mol. The third kappa shape index (κ3) is 3.02. The van der Waals surface area contributed by atoms with Crippen molar-refractivity contribution in [1.29, 1.82) is 0 Å². The maximum Gasteiger partial charge on any atom is 0.303 e. The molecule has 3 saturated carbocycles. The van der Waals surface area contributed by atoms with Crippen molar-refractivity contribution >= 4 is 11.8 Å². The first-order chi connectivity index (χ1) is 18.0. The van der Waals surface area contributed by atoms with Crippen molar-refractivity contribution in [2.75, 3.05) is 0 Å². The van der Waals surface area contributed by atoms with Crippen LogP contribution in [0.4, 0.5) is 0 Å². The minimum Gasteiger partial charge on any atom is -0.455 e. The zero-order chi connectivity index (χ0) is 28.6. The van der Waals surface area contributed by atoms with E-state index >= 15 is 0 Å². The van der Waals surface area contributed by atoms with Crippen LogP contribution >= 0.6 is 0 Å². The molecule has 2 heterocycles. The summed E-state index contributed by atoms with van der Waals surface area (Å²) in [6.07, 6.45) is 2.11. The lowest BCUT2D eigenvalue weighted by molar-refractivity contribution is -0.297. The molecule has 4 fully saturated rings. The van der Waals surface area contributed by atoms with Crippen LogP contribution in [-0.4, -0.2) is 79.2 Å². The number of carbonyl (C=O) groups excluding carboxylic acids is 2. The predicted molar refractivity (Wildman–Crippen MR) is 138 cm³/mol. The van der Waals surface area contributed by atoms with Gasteiger partial charge in [0.15, 0.2) is 18.2 Å². The first kappa shape index (κ1) is 27.5. The fraction of sp³-hybridized carbons (Fsp3) is 0.800. The van der Waals surface area contributed by atoms with Crippen molar-refractivity contribution in [2.45, 2.75) is 127 Å².